The summed E-state index contributed by atoms with van der Waals surface area (Å²) in [6, 6.07) is 4.31. The molecule has 1 amide bonds. The zero-order chi connectivity index (χ0) is 17.0. The van der Waals surface area contributed by atoms with Crippen molar-refractivity contribution in [3.05, 3.63) is 44.7 Å². The number of nitrogens with one attached hydrogen (secondary N) is 1. The summed E-state index contributed by atoms with van der Waals surface area (Å²) in [6.45, 7) is 3.94. The molecular formula is C14H15BrN4O4. The number of amides is 1. The number of aryl methyl sites for hydroxylation is 1. The number of nitrogens with zero attached hydrogens (tertiary/aromatic N) is 3. The zero-order valence-corrected chi connectivity index (χ0v) is 14.2. The number of benzene rings is 1. The Morgan fingerprint density at radius 1 is 1.52 bits per heavy atom. The molecule has 0 bridgehead atoms. The number of ether oxygens (including phenoxy) is 1. The van der Waals surface area contributed by atoms with E-state index in [9.17, 15) is 14.9 Å². The maximum absolute atomic E-state index is 12.0. The van der Waals surface area contributed by atoms with Crippen LogP contribution in [0.25, 0.3) is 0 Å². The molecule has 0 aliphatic rings. The Labute approximate surface area is 140 Å². The van der Waals surface area contributed by atoms with Crippen molar-refractivity contribution in [2.45, 2.75) is 20.4 Å². The third-order valence-electron chi connectivity index (χ3n) is 2.94. The van der Waals surface area contributed by atoms with Crippen molar-refractivity contribution in [2.75, 3.05) is 11.9 Å². The number of anilines is 1. The molecule has 1 aromatic carbocycles. The van der Waals surface area contributed by atoms with Gasteiger partial charge in [-0.2, -0.15) is 5.10 Å². The normalized spacial score (nSPS) is 10.4. The van der Waals surface area contributed by atoms with Gasteiger partial charge in [0.1, 0.15) is 18.0 Å². The van der Waals surface area contributed by atoms with E-state index in [1.807, 2.05) is 0 Å². The number of carbonyl (C=O) groups is 1. The van der Waals surface area contributed by atoms with Crippen molar-refractivity contribution in [1.82, 2.24) is 9.78 Å². The van der Waals surface area contributed by atoms with Crippen LogP contribution >= 0.6 is 15.9 Å². The van der Waals surface area contributed by atoms with Crippen LogP contribution in [0.2, 0.25) is 0 Å². The average molecular weight is 383 g/mol. The van der Waals surface area contributed by atoms with E-state index in [0.29, 0.717) is 12.4 Å². The molecule has 0 radical (unpaired) electrons. The lowest BCUT2D eigenvalue weighted by molar-refractivity contribution is -0.384. The lowest BCUT2D eigenvalue weighted by atomic mass is 10.2. The fourth-order valence-corrected chi connectivity index (χ4v) is 2.25. The highest BCUT2D eigenvalue weighted by Gasteiger charge is 2.18. The van der Waals surface area contributed by atoms with Crippen LogP contribution in [0.4, 0.5) is 11.4 Å². The van der Waals surface area contributed by atoms with Gasteiger partial charge >= 0.3 is 0 Å². The molecule has 0 unspecified atom stereocenters. The Morgan fingerprint density at radius 3 is 2.83 bits per heavy atom. The second kappa shape index (κ2) is 7.23. The Balaban J connectivity index is 2.14. The molecule has 0 saturated heterocycles. The third-order valence-corrected chi connectivity index (χ3v) is 3.72. The second-order valence-electron chi connectivity index (χ2n) is 4.68. The lowest BCUT2D eigenvalue weighted by Gasteiger charge is -2.08. The van der Waals surface area contributed by atoms with E-state index in [1.165, 1.54) is 16.8 Å². The molecule has 0 spiro atoms. The van der Waals surface area contributed by atoms with Gasteiger partial charge in [-0.3, -0.25) is 19.6 Å². The summed E-state index contributed by atoms with van der Waals surface area (Å²) in [5, 5.41) is 17.8. The van der Waals surface area contributed by atoms with Crippen LogP contribution < -0.4 is 10.1 Å². The average Bonchev–Trinajstić information content (AvgIpc) is 2.78. The van der Waals surface area contributed by atoms with Gasteiger partial charge in [-0.15, -0.1) is 0 Å². The van der Waals surface area contributed by atoms with Gasteiger partial charge in [0.05, 0.1) is 27.8 Å². The SMILES string of the molecule is CCOc1ccc(NC(=O)Cn2cc(Br)c(C)n2)c([N+](=O)[O-])c1. The van der Waals surface area contributed by atoms with E-state index in [1.54, 1.807) is 26.1 Å². The molecule has 2 aromatic rings. The van der Waals surface area contributed by atoms with E-state index in [4.69, 9.17) is 4.74 Å². The summed E-state index contributed by atoms with van der Waals surface area (Å²) in [7, 11) is 0. The first-order chi connectivity index (χ1) is 10.9. The maximum Gasteiger partial charge on any atom is 0.296 e. The largest absolute Gasteiger partial charge is 0.494 e. The Morgan fingerprint density at radius 2 is 2.26 bits per heavy atom. The fourth-order valence-electron chi connectivity index (χ4n) is 1.94. The highest BCUT2D eigenvalue weighted by Crippen LogP contribution is 2.29. The van der Waals surface area contributed by atoms with Crippen LogP contribution in [0.15, 0.2) is 28.9 Å². The summed E-state index contributed by atoms with van der Waals surface area (Å²) in [5.41, 5.74) is 0.651. The number of nitro groups is 1. The number of rotatable bonds is 6. The highest BCUT2D eigenvalue weighted by atomic mass is 79.9. The fraction of sp³-hybridized carbons (Fsp3) is 0.286. The molecule has 1 aromatic heterocycles. The first-order valence-corrected chi connectivity index (χ1v) is 7.60. The summed E-state index contributed by atoms with van der Waals surface area (Å²) in [4.78, 5) is 22.6. The van der Waals surface area contributed by atoms with Gasteiger partial charge in [0.25, 0.3) is 5.69 Å². The minimum Gasteiger partial charge on any atom is -0.494 e. The van der Waals surface area contributed by atoms with Crippen LogP contribution in [-0.2, 0) is 11.3 Å². The molecular weight excluding hydrogens is 368 g/mol. The van der Waals surface area contributed by atoms with Crippen molar-refractivity contribution < 1.29 is 14.5 Å². The summed E-state index contributed by atoms with van der Waals surface area (Å²) in [6.07, 6.45) is 1.67. The first kappa shape index (κ1) is 16.9. The van der Waals surface area contributed by atoms with Gasteiger partial charge in [0, 0.05) is 6.20 Å². The molecule has 122 valence electrons. The molecule has 2 rings (SSSR count). The van der Waals surface area contributed by atoms with Gasteiger partial charge in [0.2, 0.25) is 5.91 Å². The van der Waals surface area contributed by atoms with Crippen LogP contribution in [-0.4, -0.2) is 27.2 Å². The summed E-state index contributed by atoms with van der Waals surface area (Å²) in [5.74, 6) is -0.0314. The van der Waals surface area contributed by atoms with Crippen LogP contribution in [0, 0.1) is 17.0 Å². The van der Waals surface area contributed by atoms with E-state index >= 15 is 0 Å². The van der Waals surface area contributed by atoms with Crippen LogP contribution in [0.3, 0.4) is 0 Å². The topological polar surface area (TPSA) is 99.3 Å². The molecule has 9 heteroatoms. The predicted molar refractivity (Wildman–Crippen MR) is 87.6 cm³/mol. The summed E-state index contributed by atoms with van der Waals surface area (Å²) < 4.78 is 7.47. The number of hydrogen-bond acceptors (Lipinski definition) is 5. The maximum atomic E-state index is 12.0. The third kappa shape index (κ3) is 4.28. The number of aromatic nitrogens is 2. The lowest BCUT2D eigenvalue weighted by Crippen LogP contribution is -2.19. The molecule has 0 fully saturated rings. The van der Waals surface area contributed by atoms with E-state index in [-0.39, 0.29) is 17.9 Å². The monoisotopic (exact) mass is 382 g/mol. The number of carbonyl (C=O) groups excluding carboxylic acids is 1. The smallest absolute Gasteiger partial charge is 0.296 e. The van der Waals surface area contributed by atoms with Crippen molar-refractivity contribution in [3.8, 4) is 5.75 Å². The summed E-state index contributed by atoms with van der Waals surface area (Å²) >= 11 is 3.31. The molecule has 1 N–H and O–H groups in total. The van der Waals surface area contributed by atoms with Gasteiger partial charge in [-0.05, 0) is 41.9 Å². The Kier molecular flexibility index (Phi) is 5.32. The van der Waals surface area contributed by atoms with Gasteiger partial charge < -0.3 is 10.1 Å². The van der Waals surface area contributed by atoms with Crippen LogP contribution in [0.5, 0.6) is 5.75 Å². The first-order valence-electron chi connectivity index (χ1n) is 6.81. The van der Waals surface area contributed by atoms with E-state index in [0.717, 1.165) is 10.2 Å². The van der Waals surface area contributed by atoms with Crippen molar-refractivity contribution >= 4 is 33.2 Å². The number of halogens is 1. The van der Waals surface area contributed by atoms with Gasteiger partial charge in [-0.25, -0.2) is 0 Å². The highest BCUT2D eigenvalue weighted by molar-refractivity contribution is 9.10. The quantitative estimate of drug-likeness (QED) is 0.611. The van der Waals surface area contributed by atoms with Crippen molar-refractivity contribution in [3.63, 3.8) is 0 Å². The second-order valence-corrected chi connectivity index (χ2v) is 5.53. The molecule has 0 atom stereocenters. The van der Waals surface area contributed by atoms with Gasteiger partial charge in [0.15, 0.2) is 0 Å². The van der Waals surface area contributed by atoms with Gasteiger partial charge in [-0.1, -0.05) is 0 Å². The van der Waals surface area contributed by atoms with Crippen molar-refractivity contribution in [2.24, 2.45) is 0 Å². The van der Waals surface area contributed by atoms with E-state index < -0.39 is 10.8 Å². The molecule has 23 heavy (non-hydrogen) atoms. The Hall–Kier alpha value is -2.42. The number of hydrogen-bond donors (Lipinski definition) is 1. The van der Waals surface area contributed by atoms with E-state index in [2.05, 4.69) is 26.3 Å². The molecule has 0 saturated carbocycles. The molecule has 8 nitrogen and oxygen atoms in total. The minimum absolute atomic E-state index is 0.0448. The zero-order valence-electron chi connectivity index (χ0n) is 12.6. The molecule has 0 aliphatic heterocycles. The molecule has 0 aliphatic carbocycles. The Bertz CT molecular complexity index is 725. The minimum atomic E-state index is -0.563. The van der Waals surface area contributed by atoms with Crippen LogP contribution in [0.1, 0.15) is 12.6 Å². The standard InChI is InChI=1S/C14H15BrN4O4/c1-3-23-10-4-5-12(13(6-10)19(21)22)16-14(20)8-18-7-11(15)9(2)17-18/h4-7H,3,8H2,1-2H3,(H,16,20). The van der Waals surface area contributed by atoms with Crippen molar-refractivity contribution in [1.29, 1.82) is 0 Å². The number of nitro benzene ring substituents is 1. The predicted octanol–water partition coefficient (Wildman–Crippen LogP) is 2.90. The molecule has 1 heterocycles.